The molecule has 100 valence electrons. The van der Waals surface area contributed by atoms with Crippen molar-refractivity contribution in [1.82, 2.24) is 4.57 Å². The van der Waals surface area contributed by atoms with E-state index in [0.29, 0.717) is 10.8 Å². The molecule has 2 aromatic rings. The molecule has 0 aliphatic rings. The van der Waals surface area contributed by atoms with Crippen LogP contribution in [0.1, 0.15) is 21.7 Å². The van der Waals surface area contributed by atoms with Gasteiger partial charge in [-0.25, -0.2) is 0 Å². The fourth-order valence-corrected chi connectivity index (χ4v) is 3.04. The Kier molecular flexibility index (Phi) is 4.38. The topological polar surface area (TPSA) is 22.0 Å². The molecule has 0 aliphatic carbocycles. The van der Waals surface area contributed by atoms with Gasteiger partial charge in [0.2, 0.25) is 0 Å². The Hall–Kier alpha value is -1.19. The quantitative estimate of drug-likeness (QED) is 0.620. The number of hydrogen-bond acceptors (Lipinski definition) is 2. The molecule has 0 saturated carbocycles. The maximum atomic E-state index is 12.2. The van der Waals surface area contributed by atoms with E-state index in [0.717, 1.165) is 21.8 Å². The molecule has 0 bridgehead atoms. The van der Waals surface area contributed by atoms with Crippen molar-refractivity contribution in [3.8, 4) is 0 Å². The number of nitrogens with zero attached hydrogens (tertiary/aromatic N) is 1. The zero-order chi connectivity index (χ0) is 14.0. The highest BCUT2D eigenvalue weighted by atomic mass is 35.5. The van der Waals surface area contributed by atoms with Crippen LogP contribution in [0.4, 0.5) is 0 Å². The normalized spacial score (nSPS) is 10.7. The fourth-order valence-electron chi connectivity index (χ4n) is 1.92. The van der Waals surface area contributed by atoms with E-state index in [4.69, 9.17) is 11.6 Å². The lowest BCUT2D eigenvalue weighted by Gasteiger charge is -2.04. The van der Waals surface area contributed by atoms with Crippen molar-refractivity contribution < 1.29 is 4.79 Å². The monoisotopic (exact) mass is 293 g/mol. The van der Waals surface area contributed by atoms with Crippen LogP contribution in [0.15, 0.2) is 35.2 Å². The molecule has 2 rings (SSSR count). The van der Waals surface area contributed by atoms with E-state index in [-0.39, 0.29) is 5.78 Å². The molecule has 1 aromatic carbocycles. The number of Topliss-reactive ketones (excluding diaryl/α,β-unsaturated/α-hetero) is 1. The van der Waals surface area contributed by atoms with Crippen LogP contribution >= 0.6 is 23.4 Å². The number of halogens is 1. The smallest absolute Gasteiger partial charge is 0.174 e. The number of carbonyl (C=O) groups excluding carboxylic acids is 1. The number of benzene rings is 1. The Balaban J connectivity index is 2.10. The summed E-state index contributed by atoms with van der Waals surface area (Å²) in [5.74, 6) is 0.555. The summed E-state index contributed by atoms with van der Waals surface area (Å²) in [5.41, 5.74) is 2.92. The fraction of sp³-hybridized carbons (Fsp3) is 0.267. The van der Waals surface area contributed by atoms with Crippen LogP contribution in [-0.2, 0) is 7.05 Å². The van der Waals surface area contributed by atoms with Gasteiger partial charge in [0, 0.05) is 28.9 Å². The van der Waals surface area contributed by atoms with E-state index in [1.54, 1.807) is 0 Å². The number of carbonyl (C=O) groups is 1. The lowest BCUT2D eigenvalue weighted by atomic mass is 10.2. The second kappa shape index (κ2) is 5.85. The van der Waals surface area contributed by atoms with Crippen LogP contribution < -0.4 is 0 Å². The van der Waals surface area contributed by atoms with Crippen molar-refractivity contribution in [1.29, 1.82) is 0 Å². The van der Waals surface area contributed by atoms with Gasteiger partial charge in [0.25, 0.3) is 0 Å². The van der Waals surface area contributed by atoms with Gasteiger partial charge in [0.15, 0.2) is 5.78 Å². The number of thioether (sulfide) groups is 1. The van der Waals surface area contributed by atoms with E-state index in [1.807, 2.05) is 55.8 Å². The van der Waals surface area contributed by atoms with Crippen LogP contribution in [0, 0.1) is 13.8 Å². The summed E-state index contributed by atoms with van der Waals surface area (Å²) in [7, 11) is 1.97. The summed E-state index contributed by atoms with van der Waals surface area (Å²) in [4.78, 5) is 13.2. The number of ketones is 1. The van der Waals surface area contributed by atoms with E-state index in [1.165, 1.54) is 11.8 Å². The average molecular weight is 294 g/mol. The minimum atomic E-state index is 0.145. The number of rotatable bonds is 4. The molecular formula is C15H16ClNOS. The third kappa shape index (κ3) is 3.04. The Morgan fingerprint density at radius 1 is 1.32 bits per heavy atom. The highest BCUT2D eigenvalue weighted by molar-refractivity contribution is 8.00. The van der Waals surface area contributed by atoms with Crippen molar-refractivity contribution in [3.63, 3.8) is 0 Å². The number of aryl methyl sites for hydroxylation is 1. The number of hydrogen-bond donors (Lipinski definition) is 0. The van der Waals surface area contributed by atoms with E-state index in [9.17, 15) is 4.79 Å². The molecule has 0 radical (unpaired) electrons. The Labute approximate surface area is 122 Å². The maximum absolute atomic E-state index is 12.2. The van der Waals surface area contributed by atoms with Crippen molar-refractivity contribution in [2.75, 3.05) is 5.75 Å². The van der Waals surface area contributed by atoms with Gasteiger partial charge in [0.05, 0.1) is 10.8 Å². The second-order valence-electron chi connectivity index (χ2n) is 4.49. The van der Waals surface area contributed by atoms with Gasteiger partial charge in [-0.3, -0.25) is 4.79 Å². The van der Waals surface area contributed by atoms with Gasteiger partial charge in [0.1, 0.15) is 0 Å². The predicted octanol–water partition coefficient (Wildman–Crippen LogP) is 4.27. The van der Waals surface area contributed by atoms with E-state index < -0.39 is 0 Å². The molecule has 0 saturated heterocycles. The lowest BCUT2D eigenvalue weighted by Crippen LogP contribution is -2.04. The molecule has 0 atom stereocenters. The molecule has 1 aromatic heterocycles. The van der Waals surface area contributed by atoms with Crippen LogP contribution in [0.25, 0.3) is 0 Å². The number of aromatic nitrogens is 1. The molecule has 0 spiro atoms. The first kappa shape index (κ1) is 14.2. The molecule has 0 unspecified atom stereocenters. The largest absolute Gasteiger partial charge is 0.351 e. The summed E-state index contributed by atoms with van der Waals surface area (Å²) >= 11 is 7.56. The first-order valence-corrected chi connectivity index (χ1v) is 7.40. The molecule has 0 fully saturated rings. The van der Waals surface area contributed by atoms with Gasteiger partial charge >= 0.3 is 0 Å². The minimum Gasteiger partial charge on any atom is -0.351 e. The molecule has 0 aliphatic heterocycles. The van der Waals surface area contributed by atoms with Crippen molar-refractivity contribution in [3.05, 3.63) is 52.3 Å². The predicted molar refractivity (Wildman–Crippen MR) is 81.4 cm³/mol. The molecular weight excluding hydrogens is 278 g/mol. The van der Waals surface area contributed by atoms with Crippen LogP contribution in [0.5, 0.6) is 0 Å². The van der Waals surface area contributed by atoms with Gasteiger partial charge in [-0.15, -0.1) is 11.8 Å². The summed E-state index contributed by atoms with van der Waals surface area (Å²) in [6.07, 6.45) is 0. The molecule has 19 heavy (non-hydrogen) atoms. The Bertz CT molecular complexity index is 619. The van der Waals surface area contributed by atoms with E-state index in [2.05, 4.69) is 0 Å². The maximum Gasteiger partial charge on any atom is 0.174 e. The van der Waals surface area contributed by atoms with Gasteiger partial charge in [-0.1, -0.05) is 23.7 Å². The standard InChI is InChI=1S/C15H16ClNOS/c1-10-8-12(11(2)17(10)3)14(18)9-19-15-7-5-4-6-13(15)16/h4-8H,9H2,1-3H3. The zero-order valence-electron chi connectivity index (χ0n) is 11.2. The second-order valence-corrected chi connectivity index (χ2v) is 5.91. The van der Waals surface area contributed by atoms with Crippen LogP contribution in [0.2, 0.25) is 5.02 Å². The zero-order valence-corrected chi connectivity index (χ0v) is 12.8. The highest BCUT2D eigenvalue weighted by Crippen LogP contribution is 2.27. The minimum absolute atomic E-state index is 0.145. The summed E-state index contributed by atoms with van der Waals surface area (Å²) < 4.78 is 2.04. The highest BCUT2D eigenvalue weighted by Gasteiger charge is 2.14. The van der Waals surface area contributed by atoms with E-state index >= 15 is 0 Å². The first-order valence-electron chi connectivity index (χ1n) is 6.04. The van der Waals surface area contributed by atoms with Crippen LogP contribution in [-0.4, -0.2) is 16.1 Å². The first-order chi connectivity index (χ1) is 9.00. The average Bonchev–Trinajstić information content (AvgIpc) is 2.65. The van der Waals surface area contributed by atoms with Crippen molar-refractivity contribution in [2.24, 2.45) is 7.05 Å². The SMILES string of the molecule is Cc1cc(C(=O)CSc2ccccc2Cl)c(C)n1C. The molecule has 1 heterocycles. The summed E-state index contributed by atoms with van der Waals surface area (Å²) in [6.45, 7) is 3.98. The van der Waals surface area contributed by atoms with Crippen LogP contribution in [0.3, 0.4) is 0 Å². The van der Waals surface area contributed by atoms with Crippen molar-refractivity contribution in [2.45, 2.75) is 18.7 Å². The summed E-state index contributed by atoms with van der Waals surface area (Å²) in [6, 6.07) is 9.54. The Morgan fingerprint density at radius 3 is 2.58 bits per heavy atom. The van der Waals surface area contributed by atoms with Crippen molar-refractivity contribution >= 4 is 29.1 Å². The van der Waals surface area contributed by atoms with Gasteiger partial charge in [-0.05, 0) is 32.0 Å². The molecule has 4 heteroatoms. The van der Waals surface area contributed by atoms with Gasteiger partial charge < -0.3 is 4.57 Å². The molecule has 0 N–H and O–H groups in total. The third-order valence-electron chi connectivity index (χ3n) is 3.27. The van der Waals surface area contributed by atoms with Gasteiger partial charge in [-0.2, -0.15) is 0 Å². The third-order valence-corrected chi connectivity index (χ3v) is 4.79. The summed E-state index contributed by atoms with van der Waals surface area (Å²) in [5, 5.41) is 0.696. The Morgan fingerprint density at radius 2 is 2.00 bits per heavy atom. The molecule has 0 amide bonds. The molecule has 2 nitrogen and oxygen atoms in total. The lowest BCUT2D eigenvalue weighted by molar-refractivity contribution is 0.102.